The second-order valence-corrected chi connectivity index (χ2v) is 5.34. The van der Waals surface area contributed by atoms with Crippen molar-refractivity contribution in [2.24, 2.45) is 0 Å². The number of benzene rings is 1. The molecule has 6 heteroatoms. The molecule has 2 aromatic rings. The van der Waals surface area contributed by atoms with Crippen molar-refractivity contribution in [3.63, 3.8) is 0 Å². The highest BCUT2D eigenvalue weighted by Crippen LogP contribution is 2.20. The fraction of sp³-hybridized carbons (Fsp3) is 0.467. The monoisotopic (exact) mass is 290 g/mol. The number of aromatic amines is 1. The molecule has 0 atom stereocenters. The number of ether oxygens (including phenoxy) is 1. The molecule has 6 nitrogen and oxygen atoms in total. The largest absolute Gasteiger partial charge is 0.417 e. The van der Waals surface area contributed by atoms with Crippen LogP contribution < -0.4 is 11.1 Å². The summed E-state index contributed by atoms with van der Waals surface area (Å²) in [7, 11) is 0. The predicted octanol–water partition coefficient (Wildman–Crippen LogP) is 2.41. The summed E-state index contributed by atoms with van der Waals surface area (Å²) >= 11 is 0. The van der Waals surface area contributed by atoms with Crippen LogP contribution in [0.15, 0.2) is 27.4 Å². The number of aromatic nitrogens is 1. The smallest absolute Gasteiger partial charge is 0.408 e. The molecule has 1 saturated carbocycles. The molecule has 1 aromatic heterocycles. The molecule has 0 aliphatic heterocycles. The fourth-order valence-corrected chi connectivity index (χ4v) is 2.65. The lowest BCUT2D eigenvalue weighted by Gasteiger charge is -2.21. The standard InChI is InChI=1S/C15H18N2O4/c18-14(9-20-11-4-2-1-3-5-11)16-10-6-7-13-12(8-10)17-15(19)21-13/h6-8,11H,1-5,9H2,(H,16,18)(H,17,19). The summed E-state index contributed by atoms with van der Waals surface area (Å²) in [5, 5.41) is 2.76. The normalized spacial score (nSPS) is 16.2. The lowest BCUT2D eigenvalue weighted by Crippen LogP contribution is -2.24. The minimum absolute atomic E-state index is 0.0601. The number of anilines is 1. The van der Waals surface area contributed by atoms with Crippen molar-refractivity contribution < 1.29 is 13.9 Å². The highest BCUT2D eigenvalue weighted by atomic mass is 16.5. The Morgan fingerprint density at radius 1 is 1.33 bits per heavy atom. The molecule has 1 aromatic carbocycles. The van der Waals surface area contributed by atoms with Crippen LogP contribution in [0, 0.1) is 0 Å². The maximum Gasteiger partial charge on any atom is 0.417 e. The van der Waals surface area contributed by atoms with Crippen LogP contribution in [0.1, 0.15) is 32.1 Å². The summed E-state index contributed by atoms with van der Waals surface area (Å²) in [6.45, 7) is 0.0601. The van der Waals surface area contributed by atoms with Gasteiger partial charge in [-0.05, 0) is 31.0 Å². The van der Waals surface area contributed by atoms with E-state index in [9.17, 15) is 9.59 Å². The number of hydrogen-bond donors (Lipinski definition) is 2. The van der Waals surface area contributed by atoms with E-state index in [2.05, 4.69) is 10.3 Å². The van der Waals surface area contributed by atoms with E-state index in [0.717, 1.165) is 12.8 Å². The molecule has 3 rings (SSSR count). The van der Waals surface area contributed by atoms with E-state index < -0.39 is 5.76 Å². The van der Waals surface area contributed by atoms with Crippen molar-refractivity contribution >= 4 is 22.7 Å². The Morgan fingerprint density at radius 3 is 2.95 bits per heavy atom. The van der Waals surface area contributed by atoms with Gasteiger partial charge in [0, 0.05) is 5.69 Å². The van der Waals surface area contributed by atoms with Crippen molar-refractivity contribution in [1.82, 2.24) is 4.98 Å². The summed E-state index contributed by atoms with van der Waals surface area (Å²) in [6.07, 6.45) is 5.89. The van der Waals surface area contributed by atoms with Crippen LogP contribution in [0.5, 0.6) is 0 Å². The molecule has 0 radical (unpaired) electrons. The van der Waals surface area contributed by atoms with Gasteiger partial charge in [0.05, 0.1) is 11.6 Å². The van der Waals surface area contributed by atoms with Crippen molar-refractivity contribution in [2.45, 2.75) is 38.2 Å². The Kier molecular flexibility index (Phi) is 4.06. The zero-order valence-electron chi connectivity index (χ0n) is 11.7. The first-order valence-corrected chi connectivity index (χ1v) is 7.25. The number of carbonyl (C=O) groups is 1. The van der Waals surface area contributed by atoms with Gasteiger partial charge in [0.15, 0.2) is 5.58 Å². The second kappa shape index (κ2) is 6.13. The Hall–Kier alpha value is -2.08. The molecule has 0 unspecified atom stereocenters. The first-order valence-electron chi connectivity index (χ1n) is 7.25. The number of oxazole rings is 1. The molecule has 0 spiro atoms. The average Bonchev–Trinajstić information content (AvgIpc) is 2.85. The number of H-pyrrole nitrogens is 1. The molecule has 1 heterocycles. The molecule has 2 N–H and O–H groups in total. The maximum atomic E-state index is 11.9. The van der Waals surface area contributed by atoms with Crippen LogP contribution in [0.4, 0.5) is 5.69 Å². The van der Waals surface area contributed by atoms with E-state index in [1.807, 2.05) is 0 Å². The predicted molar refractivity (Wildman–Crippen MR) is 78.3 cm³/mol. The molecule has 112 valence electrons. The quantitative estimate of drug-likeness (QED) is 0.905. The molecule has 21 heavy (non-hydrogen) atoms. The van der Waals surface area contributed by atoms with Crippen LogP contribution in [-0.2, 0) is 9.53 Å². The van der Waals surface area contributed by atoms with Gasteiger partial charge in [-0.3, -0.25) is 9.78 Å². The lowest BCUT2D eigenvalue weighted by atomic mass is 9.98. The molecule has 1 amide bonds. The fourth-order valence-electron chi connectivity index (χ4n) is 2.65. The van der Waals surface area contributed by atoms with Crippen LogP contribution in [-0.4, -0.2) is 23.6 Å². The molecular weight excluding hydrogens is 272 g/mol. The Balaban J connectivity index is 1.56. The van der Waals surface area contributed by atoms with Crippen LogP contribution >= 0.6 is 0 Å². The molecule has 0 saturated heterocycles. The SMILES string of the molecule is O=C(COC1CCCCC1)Nc1ccc2oc(=O)[nH]c2c1. The van der Waals surface area contributed by atoms with Gasteiger partial charge in [0.25, 0.3) is 0 Å². The first-order chi connectivity index (χ1) is 10.2. The van der Waals surface area contributed by atoms with Gasteiger partial charge in [-0.15, -0.1) is 0 Å². The summed E-state index contributed by atoms with van der Waals surface area (Å²) in [4.78, 5) is 25.5. The highest BCUT2D eigenvalue weighted by molar-refractivity contribution is 5.93. The van der Waals surface area contributed by atoms with E-state index >= 15 is 0 Å². The average molecular weight is 290 g/mol. The Morgan fingerprint density at radius 2 is 2.14 bits per heavy atom. The van der Waals surface area contributed by atoms with Gasteiger partial charge in [-0.2, -0.15) is 0 Å². The Labute approximate surface area is 121 Å². The lowest BCUT2D eigenvalue weighted by molar-refractivity contribution is -0.123. The van der Waals surface area contributed by atoms with Gasteiger partial charge >= 0.3 is 5.76 Å². The molecule has 1 aliphatic rings. The Bertz CT molecular complexity index is 682. The van der Waals surface area contributed by atoms with E-state index in [1.165, 1.54) is 19.3 Å². The first kappa shape index (κ1) is 13.9. The van der Waals surface area contributed by atoms with Crippen LogP contribution in [0.3, 0.4) is 0 Å². The summed E-state index contributed by atoms with van der Waals surface area (Å²) in [5.41, 5.74) is 1.64. The zero-order valence-corrected chi connectivity index (χ0v) is 11.7. The maximum absolute atomic E-state index is 11.9. The van der Waals surface area contributed by atoms with Gasteiger partial charge in [-0.1, -0.05) is 19.3 Å². The van der Waals surface area contributed by atoms with E-state index in [4.69, 9.17) is 9.15 Å². The highest BCUT2D eigenvalue weighted by Gasteiger charge is 2.15. The number of hydrogen-bond acceptors (Lipinski definition) is 4. The summed E-state index contributed by atoms with van der Waals surface area (Å²) in [6, 6.07) is 5.00. The molecule has 1 aliphatic carbocycles. The minimum Gasteiger partial charge on any atom is -0.408 e. The number of amides is 1. The molecule has 0 bridgehead atoms. The summed E-state index contributed by atoms with van der Waals surface area (Å²) < 4.78 is 10.5. The van der Waals surface area contributed by atoms with Crippen molar-refractivity contribution in [1.29, 1.82) is 0 Å². The van der Waals surface area contributed by atoms with Gasteiger partial charge in [0.1, 0.15) is 6.61 Å². The minimum atomic E-state index is -0.505. The van der Waals surface area contributed by atoms with E-state index in [-0.39, 0.29) is 18.6 Å². The third kappa shape index (κ3) is 3.52. The third-order valence-corrected chi connectivity index (χ3v) is 3.71. The second-order valence-electron chi connectivity index (χ2n) is 5.34. The van der Waals surface area contributed by atoms with Crippen molar-refractivity contribution in [2.75, 3.05) is 11.9 Å². The van der Waals surface area contributed by atoms with Crippen LogP contribution in [0.2, 0.25) is 0 Å². The number of rotatable bonds is 4. The summed E-state index contributed by atoms with van der Waals surface area (Å²) in [5.74, 6) is -0.695. The van der Waals surface area contributed by atoms with Gasteiger partial charge < -0.3 is 14.5 Å². The van der Waals surface area contributed by atoms with Gasteiger partial charge in [-0.25, -0.2) is 4.79 Å². The van der Waals surface area contributed by atoms with E-state index in [1.54, 1.807) is 18.2 Å². The van der Waals surface area contributed by atoms with Crippen molar-refractivity contribution in [3.8, 4) is 0 Å². The van der Waals surface area contributed by atoms with Crippen molar-refractivity contribution in [3.05, 3.63) is 28.7 Å². The topological polar surface area (TPSA) is 84.3 Å². The number of fused-ring (bicyclic) bond motifs is 1. The molecular formula is C15H18N2O4. The zero-order chi connectivity index (χ0) is 14.7. The number of carbonyl (C=O) groups excluding carboxylic acids is 1. The van der Waals surface area contributed by atoms with E-state index in [0.29, 0.717) is 16.8 Å². The van der Waals surface area contributed by atoms with Crippen LogP contribution in [0.25, 0.3) is 11.1 Å². The molecule has 1 fully saturated rings. The van der Waals surface area contributed by atoms with Gasteiger partial charge in [0.2, 0.25) is 5.91 Å². The third-order valence-electron chi connectivity index (χ3n) is 3.71. The number of nitrogens with one attached hydrogen (secondary N) is 2.